The van der Waals surface area contributed by atoms with Crippen LogP contribution < -0.4 is 4.74 Å². The highest BCUT2D eigenvalue weighted by Crippen LogP contribution is 2.29. The van der Waals surface area contributed by atoms with Crippen LogP contribution in [0.15, 0.2) is 12.1 Å². The minimum absolute atomic E-state index is 0.253. The number of carbonyl (C=O) groups excluding carboxylic acids is 1. The van der Waals surface area contributed by atoms with Crippen LogP contribution in [0.3, 0.4) is 0 Å². The number of hydrogen-bond donors (Lipinski definition) is 1. The number of aromatic hydroxyl groups is 1. The average molecular weight is 236 g/mol. The third kappa shape index (κ3) is 3.77. The summed E-state index contributed by atoms with van der Waals surface area (Å²) in [6.45, 7) is 5.67. The Morgan fingerprint density at radius 2 is 2.06 bits per heavy atom. The summed E-state index contributed by atoms with van der Waals surface area (Å²) < 4.78 is 5.17. The van der Waals surface area contributed by atoms with Gasteiger partial charge in [-0.3, -0.25) is 4.79 Å². The molecular formula is C14H20O3. The predicted octanol–water partition coefficient (Wildman–Crippen LogP) is 3.36. The van der Waals surface area contributed by atoms with Crippen LogP contribution in [-0.2, 0) is 11.2 Å². The van der Waals surface area contributed by atoms with Crippen LogP contribution in [0, 0.1) is 6.92 Å². The van der Waals surface area contributed by atoms with Crippen molar-refractivity contribution in [2.75, 3.05) is 0 Å². The van der Waals surface area contributed by atoms with E-state index in [1.807, 2.05) is 6.92 Å². The minimum Gasteiger partial charge on any atom is -0.507 e. The predicted molar refractivity (Wildman–Crippen MR) is 67.4 cm³/mol. The molecule has 1 aromatic rings. The highest BCUT2D eigenvalue weighted by atomic mass is 16.5. The van der Waals surface area contributed by atoms with Gasteiger partial charge in [0.2, 0.25) is 0 Å². The van der Waals surface area contributed by atoms with Crippen LogP contribution in [0.25, 0.3) is 0 Å². The molecule has 3 nitrogen and oxygen atoms in total. The third-order valence-corrected chi connectivity index (χ3v) is 2.67. The molecule has 0 atom stereocenters. The van der Waals surface area contributed by atoms with E-state index in [1.54, 1.807) is 19.1 Å². The van der Waals surface area contributed by atoms with Crippen molar-refractivity contribution in [2.45, 2.75) is 46.5 Å². The van der Waals surface area contributed by atoms with Gasteiger partial charge in [-0.05, 0) is 43.0 Å². The lowest BCUT2D eigenvalue weighted by Crippen LogP contribution is -2.06. The first-order valence-electron chi connectivity index (χ1n) is 6.11. The smallest absolute Gasteiger partial charge is 0.310 e. The Labute approximate surface area is 102 Å². The molecule has 0 amide bonds. The molecule has 0 unspecified atom stereocenters. The van der Waals surface area contributed by atoms with Gasteiger partial charge < -0.3 is 9.84 Å². The van der Waals surface area contributed by atoms with E-state index >= 15 is 0 Å². The molecule has 1 rings (SSSR count). The van der Waals surface area contributed by atoms with Crippen molar-refractivity contribution >= 4 is 5.97 Å². The van der Waals surface area contributed by atoms with Crippen molar-refractivity contribution in [2.24, 2.45) is 0 Å². The quantitative estimate of drug-likeness (QED) is 0.630. The first kappa shape index (κ1) is 13.6. The molecule has 0 saturated carbocycles. The Kier molecular flexibility index (Phi) is 5.01. The molecule has 0 saturated heterocycles. The summed E-state index contributed by atoms with van der Waals surface area (Å²) in [6.07, 6.45) is 3.24. The van der Waals surface area contributed by atoms with Gasteiger partial charge in [-0.2, -0.15) is 0 Å². The number of phenols is 1. The number of rotatable bonds is 5. The second-order valence-electron chi connectivity index (χ2n) is 4.18. The number of hydrogen-bond acceptors (Lipinski definition) is 3. The first-order valence-corrected chi connectivity index (χ1v) is 6.11. The van der Waals surface area contributed by atoms with E-state index in [4.69, 9.17) is 4.74 Å². The summed E-state index contributed by atoms with van der Waals surface area (Å²) in [4.78, 5) is 11.2. The molecule has 1 aromatic carbocycles. The molecule has 0 aromatic heterocycles. The third-order valence-electron chi connectivity index (χ3n) is 2.67. The number of ether oxygens (including phenoxy) is 1. The Morgan fingerprint density at radius 3 is 2.65 bits per heavy atom. The second kappa shape index (κ2) is 6.28. The zero-order valence-electron chi connectivity index (χ0n) is 10.7. The second-order valence-corrected chi connectivity index (χ2v) is 4.18. The maximum atomic E-state index is 11.2. The largest absolute Gasteiger partial charge is 0.507 e. The highest BCUT2D eigenvalue weighted by molar-refractivity contribution is 5.72. The minimum atomic E-state index is -0.253. The van der Waals surface area contributed by atoms with Crippen LogP contribution in [0.2, 0.25) is 0 Å². The number of benzene rings is 1. The molecule has 0 bridgehead atoms. The van der Waals surface area contributed by atoms with Crippen LogP contribution in [0.4, 0.5) is 0 Å². The summed E-state index contributed by atoms with van der Waals surface area (Å²) in [7, 11) is 0. The zero-order chi connectivity index (χ0) is 12.8. The topological polar surface area (TPSA) is 46.5 Å². The van der Waals surface area contributed by atoms with Crippen molar-refractivity contribution in [1.82, 2.24) is 0 Å². The molecule has 0 aliphatic heterocycles. The summed E-state index contributed by atoms with van der Waals surface area (Å²) in [5.41, 5.74) is 1.60. The van der Waals surface area contributed by atoms with Crippen molar-refractivity contribution in [1.29, 1.82) is 0 Å². The number of carbonyl (C=O) groups is 1. The molecule has 0 heterocycles. The van der Waals surface area contributed by atoms with Gasteiger partial charge in [0.25, 0.3) is 0 Å². The molecule has 3 heteroatoms. The van der Waals surface area contributed by atoms with Crippen molar-refractivity contribution in [3.05, 3.63) is 23.3 Å². The van der Waals surface area contributed by atoms with Gasteiger partial charge in [0.05, 0.1) is 0 Å². The Morgan fingerprint density at radius 1 is 1.35 bits per heavy atom. The summed E-state index contributed by atoms with van der Waals surface area (Å²) in [6, 6.07) is 3.45. The van der Waals surface area contributed by atoms with Crippen molar-refractivity contribution < 1.29 is 14.6 Å². The van der Waals surface area contributed by atoms with Gasteiger partial charge in [-0.15, -0.1) is 0 Å². The monoisotopic (exact) mass is 236 g/mol. The fraction of sp³-hybridized carbons (Fsp3) is 0.500. The number of phenolic OH excluding ortho intramolecular Hbond substituents is 1. The lowest BCUT2D eigenvalue weighted by atomic mass is 10.0. The molecule has 0 fully saturated rings. The van der Waals surface area contributed by atoms with E-state index < -0.39 is 0 Å². The normalized spacial score (nSPS) is 10.3. The van der Waals surface area contributed by atoms with E-state index in [0.717, 1.165) is 30.4 Å². The van der Waals surface area contributed by atoms with Gasteiger partial charge >= 0.3 is 5.97 Å². The van der Waals surface area contributed by atoms with Gasteiger partial charge in [-0.1, -0.05) is 20.3 Å². The average Bonchev–Trinajstić information content (AvgIpc) is 2.31. The standard InChI is InChI=1S/C14H20O3/c1-4-6-7-11-9-12(17-13(15)5-2)8-10(3)14(11)16/h8-9,16H,4-7H2,1-3H3. The molecule has 0 radical (unpaired) electrons. The summed E-state index contributed by atoms with van der Waals surface area (Å²) in [5.74, 6) is 0.588. The Hall–Kier alpha value is -1.51. The van der Waals surface area contributed by atoms with E-state index in [-0.39, 0.29) is 5.97 Å². The van der Waals surface area contributed by atoms with Gasteiger partial charge in [-0.25, -0.2) is 0 Å². The molecule has 0 aliphatic rings. The molecule has 0 aliphatic carbocycles. The van der Waals surface area contributed by atoms with Crippen LogP contribution in [-0.4, -0.2) is 11.1 Å². The fourth-order valence-corrected chi connectivity index (χ4v) is 1.64. The van der Waals surface area contributed by atoms with Crippen molar-refractivity contribution in [3.8, 4) is 11.5 Å². The summed E-state index contributed by atoms with van der Waals surface area (Å²) >= 11 is 0. The maximum Gasteiger partial charge on any atom is 0.310 e. The molecular weight excluding hydrogens is 216 g/mol. The lowest BCUT2D eigenvalue weighted by molar-refractivity contribution is -0.134. The number of unbranched alkanes of at least 4 members (excludes halogenated alkanes) is 1. The van der Waals surface area contributed by atoms with Gasteiger partial charge in [0.15, 0.2) is 0 Å². The Bertz CT molecular complexity index is 397. The van der Waals surface area contributed by atoms with Crippen molar-refractivity contribution in [3.63, 3.8) is 0 Å². The maximum absolute atomic E-state index is 11.2. The fourth-order valence-electron chi connectivity index (χ4n) is 1.64. The molecule has 0 spiro atoms. The first-order chi connectivity index (χ1) is 8.08. The van der Waals surface area contributed by atoms with Gasteiger partial charge in [0.1, 0.15) is 11.5 Å². The lowest BCUT2D eigenvalue weighted by Gasteiger charge is -2.10. The Balaban J connectivity index is 2.93. The van der Waals surface area contributed by atoms with E-state index in [2.05, 4.69) is 6.92 Å². The van der Waals surface area contributed by atoms with Crippen LogP contribution in [0.1, 0.15) is 44.2 Å². The number of aryl methyl sites for hydroxylation is 2. The SMILES string of the molecule is CCCCc1cc(OC(=O)CC)cc(C)c1O. The molecule has 94 valence electrons. The van der Waals surface area contributed by atoms with Crippen LogP contribution >= 0.6 is 0 Å². The van der Waals surface area contributed by atoms with Gasteiger partial charge in [0, 0.05) is 6.42 Å². The summed E-state index contributed by atoms with van der Waals surface area (Å²) in [5, 5.41) is 9.90. The van der Waals surface area contributed by atoms with Crippen LogP contribution in [0.5, 0.6) is 11.5 Å². The zero-order valence-corrected chi connectivity index (χ0v) is 10.7. The van der Waals surface area contributed by atoms with E-state index in [1.165, 1.54) is 0 Å². The number of esters is 1. The highest BCUT2D eigenvalue weighted by Gasteiger charge is 2.09. The van der Waals surface area contributed by atoms with E-state index in [0.29, 0.717) is 17.9 Å². The van der Waals surface area contributed by atoms with E-state index in [9.17, 15) is 9.90 Å². The molecule has 17 heavy (non-hydrogen) atoms. The molecule has 1 N–H and O–H groups in total.